The highest BCUT2D eigenvalue weighted by atomic mass is 19.4. The molecule has 2 aromatic rings. The SMILES string of the molecule is COc1cccc(/C=C/C(=O)Nc2cccc(OC(F)(F)F)c2)c1OC(F)F. The fraction of sp³-hybridized carbons (Fsp3) is 0.167. The Hall–Kier alpha value is -3.30. The Labute approximate surface area is 156 Å². The third-order valence-corrected chi connectivity index (χ3v) is 3.19. The first-order valence-corrected chi connectivity index (χ1v) is 7.64. The number of rotatable bonds is 7. The molecule has 0 atom stereocenters. The van der Waals surface area contributed by atoms with Crippen LogP contribution in [-0.4, -0.2) is 26.0 Å². The summed E-state index contributed by atoms with van der Waals surface area (Å²) in [5.41, 5.74) is 0.190. The summed E-state index contributed by atoms with van der Waals surface area (Å²) in [4.78, 5) is 12.0. The van der Waals surface area contributed by atoms with Crippen molar-refractivity contribution in [3.63, 3.8) is 0 Å². The Bertz CT molecular complexity index is 852. The molecule has 2 rings (SSSR count). The summed E-state index contributed by atoms with van der Waals surface area (Å²) in [7, 11) is 1.27. The third kappa shape index (κ3) is 6.45. The first-order chi connectivity index (χ1) is 13.2. The van der Waals surface area contributed by atoms with Gasteiger partial charge in [-0.25, -0.2) is 0 Å². The predicted octanol–water partition coefficient (Wildman–Crippen LogP) is 4.85. The Morgan fingerprint density at radius 1 is 1.14 bits per heavy atom. The zero-order valence-corrected chi connectivity index (χ0v) is 14.3. The molecule has 0 saturated heterocycles. The second kappa shape index (κ2) is 9.07. The summed E-state index contributed by atoms with van der Waals surface area (Å²) in [6, 6.07) is 9.00. The van der Waals surface area contributed by atoms with Gasteiger partial charge in [0.1, 0.15) is 5.75 Å². The van der Waals surface area contributed by atoms with E-state index in [1.165, 1.54) is 43.5 Å². The maximum atomic E-state index is 12.6. The monoisotopic (exact) mass is 403 g/mol. The quantitative estimate of drug-likeness (QED) is 0.531. The van der Waals surface area contributed by atoms with E-state index in [1.807, 2.05) is 0 Å². The van der Waals surface area contributed by atoms with Gasteiger partial charge in [0, 0.05) is 23.4 Å². The molecule has 0 aromatic heterocycles. The smallest absolute Gasteiger partial charge is 0.493 e. The molecule has 0 aliphatic heterocycles. The number of alkyl halides is 5. The molecule has 0 saturated carbocycles. The highest BCUT2D eigenvalue weighted by Gasteiger charge is 2.31. The molecule has 5 nitrogen and oxygen atoms in total. The third-order valence-electron chi connectivity index (χ3n) is 3.19. The van der Waals surface area contributed by atoms with Crippen molar-refractivity contribution in [2.24, 2.45) is 0 Å². The number of hydrogen-bond acceptors (Lipinski definition) is 4. The molecule has 0 spiro atoms. The highest BCUT2D eigenvalue weighted by Crippen LogP contribution is 2.33. The number of benzene rings is 2. The average molecular weight is 403 g/mol. The van der Waals surface area contributed by atoms with E-state index in [0.29, 0.717) is 0 Å². The fourth-order valence-corrected chi connectivity index (χ4v) is 2.16. The molecule has 0 radical (unpaired) electrons. The molecular weight excluding hydrogens is 389 g/mol. The number of nitrogens with one attached hydrogen (secondary N) is 1. The van der Waals surface area contributed by atoms with Gasteiger partial charge < -0.3 is 19.5 Å². The Balaban J connectivity index is 2.13. The van der Waals surface area contributed by atoms with Gasteiger partial charge in [0.25, 0.3) is 0 Å². The maximum Gasteiger partial charge on any atom is 0.573 e. The number of halogens is 5. The van der Waals surface area contributed by atoms with E-state index in [-0.39, 0.29) is 22.7 Å². The Kier molecular flexibility index (Phi) is 6.80. The molecule has 1 N–H and O–H groups in total. The van der Waals surface area contributed by atoms with E-state index in [0.717, 1.165) is 18.2 Å². The van der Waals surface area contributed by atoms with Crippen molar-refractivity contribution in [1.29, 1.82) is 0 Å². The number of hydrogen-bond donors (Lipinski definition) is 1. The van der Waals surface area contributed by atoms with Crippen LogP contribution in [-0.2, 0) is 4.79 Å². The van der Waals surface area contributed by atoms with Crippen LogP contribution in [0.2, 0.25) is 0 Å². The van der Waals surface area contributed by atoms with Crippen LogP contribution >= 0.6 is 0 Å². The Morgan fingerprint density at radius 2 is 1.86 bits per heavy atom. The van der Waals surface area contributed by atoms with Crippen LogP contribution in [0.15, 0.2) is 48.5 Å². The second-order valence-electron chi connectivity index (χ2n) is 5.16. The summed E-state index contributed by atoms with van der Waals surface area (Å²) in [5, 5.41) is 2.33. The summed E-state index contributed by atoms with van der Waals surface area (Å²) in [6.45, 7) is -3.10. The van der Waals surface area contributed by atoms with E-state index in [9.17, 15) is 26.7 Å². The van der Waals surface area contributed by atoms with Gasteiger partial charge in [0.05, 0.1) is 7.11 Å². The van der Waals surface area contributed by atoms with Crippen LogP contribution in [0.3, 0.4) is 0 Å². The van der Waals surface area contributed by atoms with Crippen molar-refractivity contribution in [3.05, 3.63) is 54.1 Å². The molecule has 0 aliphatic rings. The summed E-state index contributed by atoms with van der Waals surface area (Å²) < 4.78 is 75.0. The van der Waals surface area contributed by atoms with E-state index >= 15 is 0 Å². The van der Waals surface area contributed by atoms with Crippen LogP contribution in [0.1, 0.15) is 5.56 Å². The number of para-hydroxylation sites is 1. The molecule has 0 fully saturated rings. The topological polar surface area (TPSA) is 56.8 Å². The number of anilines is 1. The number of carbonyl (C=O) groups is 1. The summed E-state index contributed by atoms with van der Waals surface area (Å²) in [5.74, 6) is -1.44. The van der Waals surface area contributed by atoms with Gasteiger partial charge in [-0.05, 0) is 24.3 Å². The van der Waals surface area contributed by atoms with Crippen molar-refractivity contribution < 1.29 is 41.0 Å². The van der Waals surface area contributed by atoms with Crippen molar-refractivity contribution in [3.8, 4) is 17.2 Å². The van der Waals surface area contributed by atoms with Gasteiger partial charge in [-0.15, -0.1) is 13.2 Å². The van der Waals surface area contributed by atoms with Crippen LogP contribution in [0.4, 0.5) is 27.6 Å². The van der Waals surface area contributed by atoms with Crippen LogP contribution < -0.4 is 19.5 Å². The molecule has 2 aromatic carbocycles. The van der Waals surface area contributed by atoms with Gasteiger partial charge in [0.15, 0.2) is 11.5 Å². The molecule has 28 heavy (non-hydrogen) atoms. The Morgan fingerprint density at radius 3 is 2.50 bits per heavy atom. The standard InChI is InChI=1S/C18H14F5NO4/c1-26-14-7-2-4-11(16(14)27-17(19)20)8-9-15(25)24-12-5-3-6-13(10-12)28-18(21,22)23/h2-10,17H,1H3,(H,24,25)/b9-8+. The number of amides is 1. The van der Waals surface area contributed by atoms with Crippen molar-refractivity contribution in [2.75, 3.05) is 12.4 Å². The van der Waals surface area contributed by atoms with Gasteiger partial charge in [-0.2, -0.15) is 8.78 Å². The van der Waals surface area contributed by atoms with Gasteiger partial charge in [0.2, 0.25) is 5.91 Å². The molecule has 0 bridgehead atoms. The van der Waals surface area contributed by atoms with Crippen molar-refractivity contribution in [1.82, 2.24) is 0 Å². The van der Waals surface area contributed by atoms with Crippen LogP contribution in [0.25, 0.3) is 6.08 Å². The molecule has 150 valence electrons. The molecular formula is C18H14F5NO4. The van der Waals surface area contributed by atoms with E-state index in [4.69, 9.17) is 4.74 Å². The van der Waals surface area contributed by atoms with Crippen molar-refractivity contribution >= 4 is 17.7 Å². The minimum atomic E-state index is -4.87. The summed E-state index contributed by atoms with van der Waals surface area (Å²) >= 11 is 0. The minimum Gasteiger partial charge on any atom is -0.493 e. The number of methoxy groups -OCH3 is 1. The van der Waals surface area contributed by atoms with E-state index in [1.54, 1.807) is 0 Å². The van der Waals surface area contributed by atoms with E-state index in [2.05, 4.69) is 14.8 Å². The predicted molar refractivity (Wildman–Crippen MR) is 90.4 cm³/mol. The molecule has 0 unspecified atom stereocenters. The number of carbonyl (C=O) groups excluding carboxylic acids is 1. The summed E-state index contributed by atoms with van der Waals surface area (Å²) in [6.07, 6.45) is -2.66. The zero-order valence-electron chi connectivity index (χ0n) is 14.3. The second-order valence-corrected chi connectivity index (χ2v) is 5.16. The lowest BCUT2D eigenvalue weighted by Gasteiger charge is -2.12. The highest BCUT2D eigenvalue weighted by molar-refractivity contribution is 6.02. The van der Waals surface area contributed by atoms with Crippen LogP contribution in [0, 0.1) is 0 Å². The molecule has 1 amide bonds. The van der Waals surface area contributed by atoms with Gasteiger partial charge in [-0.3, -0.25) is 4.79 Å². The number of ether oxygens (including phenoxy) is 3. The minimum absolute atomic E-state index is 0.0415. The van der Waals surface area contributed by atoms with Crippen molar-refractivity contribution in [2.45, 2.75) is 13.0 Å². The first kappa shape index (κ1) is 21.0. The largest absolute Gasteiger partial charge is 0.573 e. The molecule has 10 heteroatoms. The normalized spacial score (nSPS) is 11.5. The van der Waals surface area contributed by atoms with Gasteiger partial charge >= 0.3 is 13.0 Å². The maximum absolute atomic E-state index is 12.6. The zero-order chi connectivity index (χ0) is 20.7. The molecule has 0 heterocycles. The molecule has 0 aliphatic carbocycles. The van der Waals surface area contributed by atoms with Crippen LogP contribution in [0.5, 0.6) is 17.2 Å². The first-order valence-electron chi connectivity index (χ1n) is 7.64. The average Bonchev–Trinajstić information content (AvgIpc) is 2.59. The lowest BCUT2D eigenvalue weighted by molar-refractivity contribution is -0.274. The van der Waals surface area contributed by atoms with Gasteiger partial charge in [-0.1, -0.05) is 18.2 Å². The lowest BCUT2D eigenvalue weighted by atomic mass is 10.1. The fourth-order valence-electron chi connectivity index (χ4n) is 2.16. The van der Waals surface area contributed by atoms with E-state index < -0.39 is 24.6 Å². The lowest BCUT2D eigenvalue weighted by Crippen LogP contribution is -2.17.